The van der Waals surface area contributed by atoms with Crippen LogP contribution in [-0.4, -0.2) is 29.1 Å². The molecule has 8 aromatic carbocycles. The van der Waals surface area contributed by atoms with E-state index in [0.717, 1.165) is 94.1 Å². The predicted octanol–water partition coefficient (Wildman–Crippen LogP) is 12.9. The van der Waals surface area contributed by atoms with Gasteiger partial charge in [-0.15, -0.1) is 0 Å². The van der Waals surface area contributed by atoms with Crippen LogP contribution in [0.3, 0.4) is 0 Å². The molecule has 4 aromatic heterocycles. The summed E-state index contributed by atoms with van der Waals surface area (Å²) in [6.07, 6.45) is 0. The first-order chi connectivity index (χ1) is 29.2. The van der Waals surface area contributed by atoms with Crippen molar-refractivity contribution in [2.24, 2.45) is 0 Å². The second kappa shape index (κ2) is 13.2. The monoisotopic (exact) mass is 756 g/mol. The number of nitrogens with zero attached hydrogens (tertiary/aromatic N) is 6. The standard InChI is InChI=1S/C52H32N6O/c1-3-14-33(15-4-1)34-26-28-35(29-27-34)49-54-50(56-52(55-49)58-43-22-10-7-18-38(43)39-19-8-11-23-44(39)58)41-20-13-25-46-48(41)40-31-30-36(32-47(40)59-46)51-53-42-21-9-12-24-45(42)57(51)37-16-5-2-6-17-37/h1-32H. The van der Waals surface area contributed by atoms with Crippen molar-refractivity contribution in [1.82, 2.24) is 29.1 Å². The Hall–Kier alpha value is -8.16. The number of furan rings is 1. The quantitative estimate of drug-likeness (QED) is 0.169. The minimum Gasteiger partial charge on any atom is -0.456 e. The van der Waals surface area contributed by atoms with Crippen LogP contribution in [0.25, 0.3) is 112 Å². The number of fused-ring (bicyclic) bond motifs is 7. The fourth-order valence-corrected chi connectivity index (χ4v) is 8.50. The Bertz CT molecular complexity index is 3490. The van der Waals surface area contributed by atoms with Gasteiger partial charge in [0.1, 0.15) is 17.0 Å². The lowest BCUT2D eigenvalue weighted by molar-refractivity contribution is 0.669. The fraction of sp³-hybridized carbons (Fsp3) is 0. The predicted molar refractivity (Wildman–Crippen MR) is 238 cm³/mol. The van der Waals surface area contributed by atoms with E-state index in [1.165, 1.54) is 0 Å². The molecule has 0 N–H and O–H groups in total. The first-order valence-electron chi connectivity index (χ1n) is 19.6. The third kappa shape index (κ3) is 5.36. The van der Waals surface area contributed by atoms with Crippen LogP contribution in [0.15, 0.2) is 199 Å². The summed E-state index contributed by atoms with van der Waals surface area (Å²) in [5.41, 5.74) is 11.6. The number of aromatic nitrogens is 6. The van der Waals surface area contributed by atoms with Crippen molar-refractivity contribution >= 4 is 54.8 Å². The van der Waals surface area contributed by atoms with Gasteiger partial charge in [0, 0.05) is 43.9 Å². The second-order valence-electron chi connectivity index (χ2n) is 14.7. The molecule has 0 amide bonds. The summed E-state index contributed by atoms with van der Waals surface area (Å²) in [6, 6.07) is 66.7. The average molecular weight is 757 g/mol. The lowest BCUT2D eigenvalue weighted by Gasteiger charge is -2.12. The summed E-state index contributed by atoms with van der Waals surface area (Å²) in [4.78, 5) is 20.8. The normalized spacial score (nSPS) is 11.7. The van der Waals surface area contributed by atoms with Gasteiger partial charge in [-0.1, -0.05) is 140 Å². The van der Waals surface area contributed by atoms with Crippen LogP contribution in [0, 0.1) is 0 Å². The SMILES string of the molecule is c1ccc(-c2ccc(-c3nc(-c4cccc5oc6cc(-c7nc8ccccc8n7-c7ccccc7)ccc6c45)nc(-n4c5ccccc5c5ccccc54)n3)cc2)cc1. The van der Waals surface area contributed by atoms with Gasteiger partial charge in [-0.2, -0.15) is 9.97 Å². The van der Waals surface area contributed by atoms with Gasteiger partial charge in [0.15, 0.2) is 11.6 Å². The molecule has 7 heteroatoms. The highest BCUT2D eigenvalue weighted by atomic mass is 16.3. The zero-order valence-electron chi connectivity index (χ0n) is 31.6. The Kier molecular flexibility index (Phi) is 7.40. The first kappa shape index (κ1) is 33.0. The van der Waals surface area contributed by atoms with Gasteiger partial charge in [0.2, 0.25) is 5.95 Å². The molecule has 0 radical (unpaired) electrons. The van der Waals surface area contributed by atoms with E-state index in [2.05, 4.69) is 173 Å². The zero-order chi connectivity index (χ0) is 38.9. The van der Waals surface area contributed by atoms with Crippen molar-refractivity contribution in [1.29, 1.82) is 0 Å². The average Bonchev–Trinajstić information content (AvgIpc) is 3.99. The summed E-state index contributed by atoms with van der Waals surface area (Å²) in [7, 11) is 0. The number of rotatable bonds is 6. The third-order valence-electron chi connectivity index (χ3n) is 11.2. The van der Waals surface area contributed by atoms with Crippen molar-refractivity contribution in [2.45, 2.75) is 0 Å². The van der Waals surface area contributed by atoms with Crippen LogP contribution in [0.1, 0.15) is 0 Å². The lowest BCUT2D eigenvalue weighted by Crippen LogP contribution is -2.06. The molecule has 0 aliphatic heterocycles. The molecular weight excluding hydrogens is 725 g/mol. The summed E-state index contributed by atoms with van der Waals surface area (Å²) >= 11 is 0. The summed E-state index contributed by atoms with van der Waals surface area (Å²) in [5.74, 6) is 2.53. The third-order valence-corrected chi connectivity index (χ3v) is 11.2. The van der Waals surface area contributed by atoms with E-state index in [9.17, 15) is 0 Å². The molecule has 4 heterocycles. The van der Waals surface area contributed by atoms with Crippen LogP contribution in [0.2, 0.25) is 0 Å². The van der Waals surface area contributed by atoms with Gasteiger partial charge in [-0.25, -0.2) is 9.97 Å². The second-order valence-corrected chi connectivity index (χ2v) is 14.7. The fourth-order valence-electron chi connectivity index (χ4n) is 8.50. The van der Waals surface area contributed by atoms with E-state index in [-0.39, 0.29) is 0 Å². The number of hydrogen-bond donors (Lipinski definition) is 0. The maximum Gasteiger partial charge on any atom is 0.238 e. The first-order valence-corrected chi connectivity index (χ1v) is 19.6. The summed E-state index contributed by atoms with van der Waals surface area (Å²) < 4.78 is 11.0. The summed E-state index contributed by atoms with van der Waals surface area (Å²) in [6.45, 7) is 0. The van der Waals surface area contributed by atoms with E-state index in [4.69, 9.17) is 24.4 Å². The Morgan fingerprint density at radius 1 is 0.373 bits per heavy atom. The summed E-state index contributed by atoms with van der Waals surface area (Å²) in [5, 5.41) is 4.18. The minimum absolute atomic E-state index is 0.543. The van der Waals surface area contributed by atoms with E-state index in [1.54, 1.807) is 0 Å². The van der Waals surface area contributed by atoms with Gasteiger partial charge >= 0.3 is 0 Å². The van der Waals surface area contributed by atoms with Crippen molar-refractivity contribution in [3.8, 4) is 56.9 Å². The maximum atomic E-state index is 6.67. The van der Waals surface area contributed by atoms with Crippen LogP contribution in [0.4, 0.5) is 0 Å². The van der Waals surface area contributed by atoms with Crippen molar-refractivity contribution in [2.75, 3.05) is 0 Å². The molecule has 7 nitrogen and oxygen atoms in total. The van der Waals surface area contributed by atoms with Gasteiger partial charge in [-0.3, -0.25) is 9.13 Å². The molecule has 0 saturated carbocycles. The number of hydrogen-bond acceptors (Lipinski definition) is 5. The number of benzene rings is 8. The Morgan fingerprint density at radius 2 is 0.983 bits per heavy atom. The van der Waals surface area contributed by atoms with Gasteiger partial charge in [-0.05, 0) is 65.7 Å². The molecular formula is C52H32N6O. The molecule has 0 unspecified atom stereocenters. The molecule has 12 rings (SSSR count). The Labute approximate surface area is 338 Å². The van der Waals surface area contributed by atoms with Gasteiger partial charge in [0.05, 0.1) is 22.1 Å². The smallest absolute Gasteiger partial charge is 0.238 e. The molecule has 0 saturated heterocycles. The molecule has 0 aliphatic carbocycles. The molecule has 59 heavy (non-hydrogen) atoms. The van der Waals surface area contributed by atoms with Crippen molar-refractivity contribution in [3.63, 3.8) is 0 Å². The molecule has 0 bridgehead atoms. The highest BCUT2D eigenvalue weighted by molar-refractivity contribution is 6.13. The minimum atomic E-state index is 0.543. The van der Waals surface area contributed by atoms with Crippen molar-refractivity contribution in [3.05, 3.63) is 194 Å². The Morgan fingerprint density at radius 3 is 1.75 bits per heavy atom. The molecule has 276 valence electrons. The molecule has 12 aromatic rings. The molecule has 0 fully saturated rings. The van der Waals surface area contributed by atoms with E-state index < -0.39 is 0 Å². The van der Waals surface area contributed by atoms with Crippen LogP contribution in [-0.2, 0) is 0 Å². The van der Waals surface area contributed by atoms with E-state index in [0.29, 0.717) is 17.6 Å². The van der Waals surface area contributed by atoms with Crippen LogP contribution >= 0.6 is 0 Å². The molecule has 0 aliphatic rings. The van der Waals surface area contributed by atoms with Crippen LogP contribution < -0.4 is 0 Å². The van der Waals surface area contributed by atoms with Crippen LogP contribution in [0.5, 0.6) is 0 Å². The van der Waals surface area contributed by atoms with Crippen molar-refractivity contribution < 1.29 is 4.42 Å². The lowest BCUT2D eigenvalue weighted by atomic mass is 10.0. The number of para-hydroxylation sites is 5. The largest absolute Gasteiger partial charge is 0.456 e. The molecule has 0 atom stereocenters. The van der Waals surface area contributed by atoms with Gasteiger partial charge in [0.25, 0.3) is 0 Å². The topological polar surface area (TPSA) is 74.6 Å². The van der Waals surface area contributed by atoms with E-state index >= 15 is 0 Å². The maximum absolute atomic E-state index is 6.67. The number of imidazole rings is 1. The zero-order valence-corrected chi connectivity index (χ0v) is 31.6. The molecule has 0 spiro atoms. The van der Waals surface area contributed by atoms with E-state index in [1.807, 2.05) is 30.3 Å². The van der Waals surface area contributed by atoms with Gasteiger partial charge < -0.3 is 4.42 Å². The highest BCUT2D eigenvalue weighted by Crippen LogP contribution is 2.39. The highest BCUT2D eigenvalue weighted by Gasteiger charge is 2.22. The Balaban J connectivity index is 1.06.